The van der Waals surface area contributed by atoms with Crippen molar-refractivity contribution < 1.29 is 0 Å². The molecule has 0 aliphatic rings. The van der Waals surface area contributed by atoms with Gasteiger partial charge in [-0.05, 0) is 44.0 Å². The second kappa shape index (κ2) is 15.4. The molecule has 2 aromatic rings. The van der Waals surface area contributed by atoms with E-state index in [2.05, 4.69) is 196 Å². The van der Waals surface area contributed by atoms with Gasteiger partial charge in [-0.2, -0.15) is 0 Å². The van der Waals surface area contributed by atoms with Crippen molar-refractivity contribution in [3.8, 4) is 0 Å². The largest absolute Gasteiger partial charge is 0.113 e. The second-order valence-corrected chi connectivity index (χ2v) is 70.2. The molecule has 50 heavy (non-hydrogen) atoms. The number of hydrogen-bond donors (Lipinski definition) is 0. The molecule has 0 N–H and O–H groups in total. The highest BCUT2D eigenvalue weighted by molar-refractivity contribution is 7.41. The first-order chi connectivity index (χ1) is 21.9. The first-order valence-electron chi connectivity index (χ1n) is 20.1. The fourth-order valence-corrected chi connectivity index (χ4v) is 60.1. The van der Waals surface area contributed by atoms with E-state index in [9.17, 15) is 0 Å². The van der Waals surface area contributed by atoms with Crippen LogP contribution in [-0.4, -0.2) is 64.3 Å². The zero-order valence-electron chi connectivity index (χ0n) is 38.3. The molecule has 0 unspecified atom stereocenters. The van der Waals surface area contributed by atoms with Crippen molar-refractivity contribution >= 4 is 74.7 Å². The Morgan fingerprint density at radius 3 is 0.860 bits per heavy atom. The molecule has 8 heteroatoms. The Morgan fingerprint density at radius 2 is 0.640 bits per heavy atom. The molecule has 0 saturated heterocycles. The summed E-state index contributed by atoms with van der Waals surface area (Å²) >= 11 is 0. The van der Waals surface area contributed by atoms with Crippen LogP contribution in [0.5, 0.6) is 0 Å². The Balaban J connectivity index is 3.72. The summed E-state index contributed by atoms with van der Waals surface area (Å²) in [6, 6.07) is 13.4. The monoisotopic (exact) mass is 813 g/mol. The van der Waals surface area contributed by atoms with Crippen LogP contribution in [0.3, 0.4) is 0 Å². The first-order valence-corrected chi connectivity index (χ1v) is 47.6. The van der Waals surface area contributed by atoms with Crippen LogP contribution >= 0.6 is 0 Å². The third-order valence-corrected chi connectivity index (χ3v) is 48.5. The standard InChI is InChI=1S/C42H85Si8/c1-31(2)34-27-26-28-35(32(3)4)38(34)43(50(23,24)25)39-36(41(46(11,12)13)47(14,15)16)29-33(40(44(5,6)7)45(8,9)10)30-37(39)42(48(17,18)19)49(20,21)22/h26-32,40-42H,1-25H3. The normalized spacial score (nSPS) is 14.8. The van der Waals surface area contributed by atoms with Crippen molar-refractivity contribution in [1.82, 2.24) is 0 Å². The van der Waals surface area contributed by atoms with Gasteiger partial charge in [-0.3, -0.25) is 0 Å². The van der Waals surface area contributed by atoms with Gasteiger partial charge in [-0.15, -0.1) is 0 Å². The Labute approximate surface area is 323 Å². The highest BCUT2D eigenvalue weighted by atomic mass is 29.2. The SMILES string of the molecule is CC(C)c1cccc(C(C)C)c1[Si](c1c(C([Si](C)(C)C)[Si](C)(C)C)cc(C([Si](C)(C)C)[Si](C)(C)C)cc1C([Si](C)(C)C)[Si](C)(C)C)[Si](C)(C)C. The van der Waals surface area contributed by atoms with Crippen LogP contribution in [0, 0.1) is 0 Å². The van der Waals surface area contributed by atoms with Gasteiger partial charge in [0, 0.05) is 56.0 Å². The summed E-state index contributed by atoms with van der Waals surface area (Å²) in [5.41, 5.74) is 8.88. The summed E-state index contributed by atoms with van der Waals surface area (Å²) in [5.74, 6) is 1.06. The van der Waals surface area contributed by atoms with Crippen molar-refractivity contribution in [1.29, 1.82) is 0 Å². The van der Waals surface area contributed by atoms with Crippen LogP contribution in [0.15, 0.2) is 30.3 Å². The molecule has 0 fully saturated rings. The van der Waals surface area contributed by atoms with E-state index in [0.717, 1.165) is 15.5 Å². The maximum atomic E-state index is 2.98. The fourth-order valence-electron chi connectivity index (χ4n) is 11.1. The lowest BCUT2D eigenvalue weighted by Crippen LogP contribution is -2.66. The molecule has 0 nitrogen and oxygen atoms in total. The third-order valence-electron chi connectivity index (χ3n) is 11.0. The molecule has 285 valence electrons. The average molecular weight is 815 g/mol. The second-order valence-electron chi connectivity index (χ2n) is 24.3. The van der Waals surface area contributed by atoms with E-state index < -0.39 is 64.3 Å². The molecule has 0 aromatic heterocycles. The molecule has 1 radical (unpaired) electrons. The van der Waals surface area contributed by atoms with Crippen LogP contribution in [0.2, 0.25) is 137 Å². The molecule has 0 aliphatic carbocycles. The molecule has 0 heterocycles. The van der Waals surface area contributed by atoms with Crippen molar-refractivity contribution in [2.75, 3.05) is 0 Å². The maximum Gasteiger partial charge on any atom is 0.113 e. The van der Waals surface area contributed by atoms with Crippen molar-refractivity contribution in [3.63, 3.8) is 0 Å². The summed E-state index contributed by atoms with van der Waals surface area (Å²) in [6.45, 7) is 67.2. The lowest BCUT2D eigenvalue weighted by molar-refractivity contribution is 0.845. The highest BCUT2D eigenvalue weighted by Crippen LogP contribution is 2.45. The molecule has 0 bridgehead atoms. The molecular formula is C42H85Si8. The molecule has 0 amide bonds. The number of benzene rings is 2. The zero-order chi connectivity index (χ0) is 39.5. The first kappa shape index (κ1) is 46.3. The van der Waals surface area contributed by atoms with Gasteiger partial charge >= 0.3 is 0 Å². The van der Waals surface area contributed by atoms with Gasteiger partial charge < -0.3 is 0 Å². The van der Waals surface area contributed by atoms with Gasteiger partial charge in [0.1, 0.15) is 8.31 Å². The predicted molar refractivity (Wildman–Crippen MR) is 258 cm³/mol. The maximum absolute atomic E-state index is 2.98. The predicted octanol–water partition coefficient (Wildman–Crippen LogP) is 13.5. The average Bonchev–Trinajstić information content (AvgIpc) is 2.79. The summed E-state index contributed by atoms with van der Waals surface area (Å²) in [6.07, 6.45) is 0. The van der Waals surface area contributed by atoms with Crippen LogP contribution in [-0.2, 0) is 0 Å². The topological polar surface area (TPSA) is 0 Å². The van der Waals surface area contributed by atoms with Crippen LogP contribution in [0.4, 0.5) is 0 Å². The molecule has 0 saturated carbocycles. The van der Waals surface area contributed by atoms with Crippen molar-refractivity contribution in [2.24, 2.45) is 0 Å². The van der Waals surface area contributed by atoms with E-state index in [4.69, 9.17) is 0 Å². The van der Waals surface area contributed by atoms with E-state index >= 15 is 0 Å². The van der Waals surface area contributed by atoms with Gasteiger partial charge in [0.15, 0.2) is 0 Å². The van der Waals surface area contributed by atoms with Crippen LogP contribution < -0.4 is 10.4 Å². The Hall–Kier alpha value is 0.175. The van der Waals surface area contributed by atoms with Crippen LogP contribution in [0.25, 0.3) is 0 Å². The van der Waals surface area contributed by atoms with E-state index in [-0.39, 0.29) is 0 Å². The lowest BCUT2D eigenvalue weighted by Gasteiger charge is -2.48. The molecule has 0 atom stereocenters. The van der Waals surface area contributed by atoms with Gasteiger partial charge in [-0.1, -0.05) is 217 Å². The van der Waals surface area contributed by atoms with E-state index in [1.165, 1.54) is 0 Å². The van der Waals surface area contributed by atoms with E-state index in [1.807, 2.05) is 21.5 Å². The van der Waals surface area contributed by atoms with Crippen molar-refractivity contribution in [2.45, 2.75) is 193 Å². The number of hydrogen-bond acceptors (Lipinski definition) is 0. The minimum absolute atomic E-state index is 0.531. The minimum atomic E-state index is -1.75. The Bertz CT molecular complexity index is 1340. The Kier molecular flexibility index (Phi) is 14.2. The lowest BCUT2D eigenvalue weighted by atomic mass is 9.95. The highest BCUT2D eigenvalue weighted by Gasteiger charge is 2.50. The quantitative estimate of drug-likeness (QED) is 0.167. The zero-order valence-corrected chi connectivity index (χ0v) is 46.3. The molecule has 0 aliphatic heterocycles. The van der Waals surface area contributed by atoms with Crippen molar-refractivity contribution in [3.05, 3.63) is 58.1 Å². The van der Waals surface area contributed by atoms with Gasteiger partial charge in [0.2, 0.25) is 0 Å². The number of rotatable bonds is 14. The molecular weight excluding hydrogens is 729 g/mol. The summed E-state index contributed by atoms with van der Waals surface area (Å²) in [4.78, 5) is 0. The molecule has 2 rings (SSSR count). The smallest absolute Gasteiger partial charge is 0.0710 e. The Morgan fingerprint density at radius 1 is 0.380 bits per heavy atom. The minimum Gasteiger partial charge on any atom is -0.0710 e. The molecule has 0 spiro atoms. The summed E-state index contributed by atoms with van der Waals surface area (Å²) in [5, 5.41) is 6.02. The van der Waals surface area contributed by atoms with E-state index in [0.29, 0.717) is 11.8 Å². The fraction of sp³-hybridized carbons (Fsp3) is 0.714. The van der Waals surface area contributed by atoms with Gasteiger partial charge in [-0.25, -0.2) is 0 Å². The summed E-state index contributed by atoms with van der Waals surface area (Å²) in [7, 11) is -12.4. The van der Waals surface area contributed by atoms with Gasteiger partial charge in [0.25, 0.3) is 0 Å². The van der Waals surface area contributed by atoms with Gasteiger partial charge in [0.05, 0.1) is 0 Å². The summed E-state index contributed by atoms with van der Waals surface area (Å²) < 4.78 is 0. The van der Waals surface area contributed by atoms with Crippen LogP contribution in [0.1, 0.15) is 82.8 Å². The molecule has 2 aromatic carbocycles. The van der Waals surface area contributed by atoms with E-state index in [1.54, 1.807) is 16.7 Å². The third kappa shape index (κ3) is 10.7.